The summed E-state index contributed by atoms with van der Waals surface area (Å²) in [6.45, 7) is 0.599. The van der Waals surface area contributed by atoms with Gasteiger partial charge in [-0.15, -0.1) is 0 Å². The van der Waals surface area contributed by atoms with Crippen LogP contribution in [0.25, 0.3) is 0 Å². The maximum atomic E-state index is 12.2. The van der Waals surface area contributed by atoms with Crippen LogP contribution in [0.5, 0.6) is 5.75 Å². The van der Waals surface area contributed by atoms with E-state index in [-0.39, 0.29) is 18.1 Å². The summed E-state index contributed by atoms with van der Waals surface area (Å²) in [5.41, 5.74) is 0.0457. The lowest BCUT2D eigenvalue weighted by atomic mass is 9.88. The second kappa shape index (κ2) is 8.93. The summed E-state index contributed by atoms with van der Waals surface area (Å²) in [6.07, 6.45) is 7.22. The lowest BCUT2D eigenvalue weighted by Gasteiger charge is -2.39. The van der Waals surface area contributed by atoms with E-state index in [0.717, 1.165) is 12.8 Å². The number of carbonyl (C=O) groups is 1. The van der Waals surface area contributed by atoms with Gasteiger partial charge in [0.15, 0.2) is 6.61 Å². The third-order valence-electron chi connectivity index (χ3n) is 4.85. The molecule has 0 aromatic heterocycles. The average molecular weight is 373 g/mol. The van der Waals surface area contributed by atoms with Crippen molar-refractivity contribution in [3.05, 3.63) is 28.2 Å². The molecule has 1 N–H and O–H groups in total. The topological polar surface area (TPSA) is 41.6 Å². The van der Waals surface area contributed by atoms with Crippen LogP contribution in [0.15, 0.2) is 18.2 Å². The van der Waals surface area contributed by atoms with Gasteiger partial charge in [-0.3, -0.25) is 4.79 Å². The number of likely N-dealkylation sites (N-methyl/N-ethyl adjacent to an activating group) is 1. The highest BCUT2D eigenvalue weighted by atomic mass is 35.5. The number of carbonyl (C=O) groups excluding carboxylic acids is 1. The van der Waals surface area contributed by atoms with Crippen molar-refractivity contribution in [2.75, 3.05) is 27.2 Å². The highest BCUT2D eigenvalue weighted by molar-refractivity contribution is 6.35. The minimum Gasteiger partial charge on any atom is -0.482 e. The third-order valence-corrected chi connectivity index (χ3v) is 5.38. The van der Waals surface area contributed by atoms with Gasteiger partial charge in [0.25, 0.3) is 5.91 Å². The van der Waals surface area contributed by atoms with E-state index in [9.17, 15) is 4.79 Å². The van der Waals surface area contributed by atoms with E-state index in [4.69, 9.17) is 27.9 Å². The van der Waals surface area contributed by atoms with Crippen LogP contribution in [0.3, 0.4) is 0 Å². The fourth-order valence-electron chi connectivity index (χ4n) is 3.22. The van der Waals surface area contributed by atoms with Crippen LogP contribution in [-0.2, 0) is 4.79 Å². The van der Waals surface area contributed by atoms with Gasteiger partial charge in [-0.1, -0.05) is 48.9 Å². The van der Waals surface area contributed by atoms with E-state index in [2.05, 4.69) is 24.3 Å². The molecule has 0 aliphatic heterocycles. The van der Waals surface area contributed by atoms with Crippen molar-refractivity contribution < 1.29 is 9.53 Å². The van der Waals surface area contributed by atoms with Gasteiger partial charge in [0.2, 0.25) is 0 Å². The zero-order valence-electron chi connectivity index (χ0n) is 14.4. The van der Waals surface area contributed by atoms with Crippen molar-refractivity contribution in [3.8, 4) is 5.75 Å². The zero-order valence-corrected chi connectivity index (χ0v) is 15.9. The van der Waals surface area contributed by atoms with Crippen LogP contribution < -0.4 is 10.1 Å². The second-order valence-corrected chi connectivity index (χ2v) is 7.52. The Kier molecular flexibility index (Phi) is 7.20. The van der Waals surface area contributed by atoms with Gasteiger partial charge in [-0.2, -0.15) is 0 Å². The molecule has 0 radical (unpaired) electrons. The van der Waals surface area contributed by atoms with Gasteiger partial charge in [-0.05, 0) is 45.1 Å². The summed E-state index contributed by atoms with van der Waals surface area (Å²) in [6, 6.07) is 4.96. The van der Waals surface area contributed by atoms with Crippen LogP contribution in [0.1, 0.15) is 38.5 Å². The minimum atomic E-state index is -0.133. The molecule has 0 heterocycles. The largest absolute Gasteiger partial charge is 0.482 e. The summed E-state index contributed by atoms with van der Waals surface area (Å²) in [7, 11) is 4.20. The normalized spacial score (nSPS) is 17.4. The minimum absolute atomic E-state index is 0.0457. The van der Waals surface area contributed by atoms with Gasteiger partial charge in [0.05, 0.1) is 5.02 Å². The Morgan fingerprint density at radius 2 is 1.88 bits per heavy atom. The number of hydrogen-bond donors (Lipinski definition) is 1. The molecule has 4 nitrogen and oxygen atoms in total. The molecule has 1 aromatic rings. The van der Waals surface area contributed by atoms with Crippen molar-refractivity contribution in [1.29, 1.82) is 0 Å². The van der Waals surface area contributed by atoms with E-state index in [1.807, 2.05) is 0 Å². The van der Waals surface area contributed by atoms with Gasteiger partial charge in [-0.25, -0.2) is 0 Å². The molecule has 2 rings (SSSR count). The predicted molar refractivity (Wildman–Crippen MR) is 99.1 cm³/mol. The SMILES string of the molecule is CN(C)C1(CNC(=O)COc2ccc(Cl)cc2Cl)CCCCCC1. The van der Waals surface area contributed by atoms with Crippen molar-refractivity contribution in [2.45, 2.75) is 44.1 Å². The van der Waals surface area contributed by atoms with E-state index >= 15 is 0 Å². The first-order valence-electron chi connectivity index (χ1n) is 8.45. The molecule has 134 valence electrons. The molecule has 0 spiro atoms. The predicted octanol–water partition coefficient (Wildman–Crippen LogP) is 4.14. The van der Waals surface area contributed by atoms with Crippen LogP contribution in [0, 0.1) is 0 Å². The van der Waals surface area contributed by atoms with Crippen LogP contribution in [0.4, 0.5) is 0 Å². The monoisotopic (exact) mass is 372 g/mol. The Morgan fingerprint density at radius 3 is 2.46 bits per heavy atom. The number of amides is 1. The number of nitrogens with zero attached hydrogens (tertiary/aromatic N) is 1. The number of ether oxygens (including phenoxy) is 1. The lowest BCUT2D eigenvalue weighted by Crippen LogP contribution is -2.53. The summed E-state index contributed by atoms with van der Waals surface area (Å²) in [5.74, 6) is 0.333. The zero-order chi connectivity index (χ0) is 17.6. The molecule has 1 saturated carbocycles. The Bertz CT molecular complexity index is 556. The molecule has 6 heteroatoms. The lowest BCUT2D eigenvalue weighted by molar-refractivity contribution is -0.123. The number of nitrogens with one attached hydrogen (secondary N) is 1. The first-order valence-corrected chi connectivity index (χ1v) is 9.20. The highest BCUT2D eigenvalue weighted by Gasteiger charge is 2.33. The standard InChI is InChI=1S/C18H26Cl2N2O2/c1-22(2)18(9-5-3-4-6-10-18)13-21-17(23)12-24-16-8-7-14(19)11-15(16)20/h7-8,11H,3-6,9-10,12-13H2,1-2H3,(H,21,23). The van der Waals surface area contributed by atoms with Crippen LogP contribution >= 0.6 is 23.2 Å². The molecule has 1 amide bonds. The first kappa shape index (κ1) is 19.4. The van der Waals surface area contributed by atoms with Gasteiger partial charge < -0.3 is 15.0 Å². The van der Waals surface area contributed by atoms with Gasteiger partial charge in [0.1, 0.15) is 5.75 Å². The van der Waals surface area contributed by atoms with Crippen LogP contribution in [-0.4, -0.2) is 43.6 Å². The average Bonchev–Trinajstić information content (AvgIpc) is 2.78. The molecule has 0 bridgehead atoms. The fraction of sp³-hybridized carbons (Fsp3) is 0.611. The molecule has 0 atom stereocenters. The molecular weight excluding hydrogens is 347 g/mol. The molecule has 0 unspecified atom stereocenters. The van der Waals surface area contributed by atoms with Crippen molar-refractivity contribution >= 4 is 29.1 Å². The van der Waals surface area contributed by atoms with Crippen molar-refractivity contribution in [3.63, 3.8) is 0 Å². The molecule has 24 heavy (non-hydrogen) atoms. The maximum Gasteiger partial charge on any atom is 0.258 e. The van der Waals surface area contributed by atoms with Gasteiger partial charge in [0, 0.05) is 17.1 Å². The number of halogens is 2. The molecule has 1 aliphatic carbocycles. The fourth-order valence-corrected chi connectivity index (χ4v) is 3.68. The van der Waals surface area contributed by atoms with E-state index in [1.54, 1.807) is 18.2 Å². The second-order valence-electron chi connectivity index (χ2n) is 6.67. The number of hydrogen-bond acceptors (Lipinski definition) is 3. The number of rotatable bonds is 6. The summed E-state index contributed by atoms with van der Waals surface area (Å²) in [5, 5.41) is 3.97. The quantitative estimate of drug-likeness (QED) is 0.762. The first-order chi connectivity index (χ1) is 11.4. The summed E-state index contributed by atoms with van der Waals surface area (Å²) < 4.78 is 5.50. The molecule has 1 aliphatic rings. The smallest absolute Gasteiger partial charge is 0.258 e. The Morgan fingerprint density at radius 1 is 1.21 bits per heavy atom. The van der Waals surface area contributed by atoms with E-state index in [0.29, 0.717) is 22.3 Å². The van der Waals surface area contributed by atoms with Crippen LogP contribution in [0.2, 0.25) is 10.0 Å². The van der Waals surface area contributed by atoms with Crippen molar-refractivity contribution in [1.82, 2.24) is 10.2 Å². The molecule has 0 saturated heterocycles. The highest BCUT2D eigenvalue weighted by Crippen LogP contribution is 2.30. The number of benzene rings is 1. The third kappa shape index (κ3) is 5.27. The maximum absolute atomic E-state index is 12.2. The Hall–Kier alpha value is -0.970. The summed E-state index contributed by atoms with van der Waals surface area (Å²) >= 11 is 11.9. The molecular formula is C18H26Cl2N2O2. The van der Waals surface area contributed by atoms with E-state index < -0.39 is 0 Å². The summed E-state index contributed by atoms with van der Waals surface area (Å²) in [4.78, 5) is 14.4. The van der Waals surface area contributed by atoms with Crippen molar-refractivity contribution in [2.24, 2.45) is 0 Å². The molecule has 1 aromatic carbocycles. The van der Waals surface area contributed by atoms with E-state index in [1.165, 1.54) is 25.7 Å². The van der Waals surface area contributed by atoms with Gasteiger partial charge >= 0.3 is 0 Å². The Balaban J connectivity index is 1.86. The molecule has 1 fully saturated rings. The Labute approximate surface area is 154 Å².